The molecule has 3 aliphatic rings. The summed E-state index contributed by atoms with van der Waals surface area (Å²) in [4.78, 5) is 0. The smallest absolute Gasteiger partial charge is 0.0690 e. The van der Waals surface area contributed by atoms with Gasteiger partial charge in [0.1, 0.15) is 0 Å². The van der Waals surface area contributed by atoms with Gasteiger partial charge in [-0.2, -0.15) is 0 Å². The lowest BCUT2D eigenvalue weighted by atomic mass is 9.50. The van der Waals surface area contributed by atoms with E-state index in [9.17, 15) is 5.11 Å². The molecule has 1 aliphatic heterocycles. The molecule has 3 rings (SSSR count). The molecule has 1 unspecified atom stereocenters. The standard InChI is InChI=1S/C15H24O2/c1-14(10-16)6-3-7-15(2)12-9-17-8-11(12)4-5-13(14)15/h13,16H,3-10H2,1-2H3/t13?,14-,15-/m1/s1. The molecule has 3 atom stereocenters. The molecule has 17 heavy (non-hydrogen) atoms. The fraction of sp³-hybridized carbons (Fsp3) is 0.867. The predicted octanol–water partition coefficient (Wildman–Crippen LogP) is 2.91. The zero-order valence-corrected chi connectivity index (χ0v) is 11.1. The monoisotopic (exact) mass is 236 g/mol. The highest BCUT2D eigenvalue weighted by atomic mass is 16.5. The Kier molecular flexibility index (Phi) is 2.64. The molecular formula is C15H24O2. The zero-order valence-electron chi connectivity index (χ0n) is 11.1. The van der Waals surface area contributed by atoms with Crippen molar-refractivity contribution in [2.24, 2.45) is 16.7 Å². The molecule has 1 fully saturated rings. The third kappa shape index (κ3) is 1.53. The normalized spacial score (nSPS) is 45.7. The van der Waals surface area contributed by atoms with E-state index < -0.39 is 0 Å². The molecule has 0 aromatic rings. The number of aliphatic hydroxyl groups excluding tert-OH is 1. The highest BCUT2D eigenvalue weighted by Crippen LogP contribution is 2.60. The third-order valence-corrected chi connectivity index (χ3v) is 5.79. The van der Waals surface area contributed by atoms with Gasteiger partial charge in [0.05, 0.1) is 13.2 Å². The van der Waals surface area contributed by atoms with E-state index in [-0.39, 0.29) is 5.41 Å². The summed E-state index contributed by atoms with van der Waals surface area (Å²) in [6.45, 7) is 6.78. The van der Waals surface area contributed by atoms with Gasteiger partial charge in [0.25, 0.3) is 0 Å². The number of rotatable bonds is 1. The number of hydrogen-bond acceptors (Lipinski definition) is 2. The molecule has 96 valence electrons. The first-order valence-electron chi connectivity index (χ1n) is 7.00. The first-order chi connectivity index (χ1) is 8.10. The number of hydrogen-bond donors (Lipinski definition) is 1. The van der Waals surface area contributed by atoms with Gasteiger partial charge in [-0.1, -0.05) is 20.3 Å². The average Bonchev–Trinajstić information content (AvgIpc) is 2.78. The Balaban J connectivity index is 2.01. The van der Waals surface area contributed by atoms with Crippen LogP contribution in [0.5, 0.6) is 0 Å². The van der Waals surface area contributed by atoms with Crippen molar-refractivity contribution >= 4 is 0 Å². The molecule has 1 heterocycles. The minimum atomic E-state index is 0.133. The summed E-state index contributed by atoms with van der Waals surface area (Å²) in [5.74, 6) is 0.647. The van der Waals surface area contributed by atoms with Crippen LogP contribution in [-0.4, -0.2) is 24.9 Å². The minimum Gasteiger partial charge on any atom is -0.396 e. The average molecular weight is 236 g/mol. The van der Waals surface area contributed by atoms with Crippen molar-refractivity contribution < 1.29 is 9.84 Å². The zero-order chi connectivity index (χ0) is 12.1. The summed E-state index contributed by atoms with van der Waals surface area (Å²) in [5.41, 5.74) is 3.60. The van der Waals surface area contributed by atoms with Crippen molar-refractivity contribution in [1.29, 1.82) is 0 Å². The van der Waals surface area contributed by atoms with Gasteiger partial charge in [-0.3, -0.25) is 0 Å². The van der Waals surface area contributed by atoms with Crippen LogP contribution in [0.3, 0.4) is 0 Å². The molecule has 0 aromatic heterocycles. The Morgan fingerprint density at radius 3 is 2.88 bits per heavy atom. The maximum atomic E-state index is 9.80. The van der Waals surface area contributed by atoms with Crippen LogP contribution in [0.2, 0.25) is 0 Å². The lowest BCUT2D eigenvalue weighted by Crippen LogP contribution is -2.48. The quantitative estimate of drug-likeness (QED) is 0.709. The van der Waals surface area contributed by atoms with Crippen molar-refractivity contribution in [3.05, 3.63) is 11.1 Å². The second-order valence-corrected chi connectivity index (χ2v) is 6.75. The fourth-order valence-electron chi connectivity index (χ4n) is 4.77. The molecule has 0 spiro atoms. The molecule has 2 nitrogen and oxygen atoms in total. The van der Waals surface area contributed by atoms with Crippen LogP contribution in [0.15, 0.2) is 11.1 Å². The molecule has 1 saturated carbocycles. The van der Waals surface area contributed by atoms with E-state index in [2.05, 4.69) is 13.8 Å². The van der Waals surface area contributed by atoms with Gasteiger partial charge in [0, 0.05) is 6.61 Å². The van der Waals surface area contributed by atoms with Crippen LogP contribution in [0.25, 0.3) is 0 Å². The number of aliphatic hydroxyl groups is 1. The van der Waals surface area contributed by atoms with Crippen molar-refractivity contribution in [3.63, 3.8) is 0 Å². The van der Waals surface area contributed by atoms with Gasteiger partial charge >= 0.3 is 0 Å². The van der Waals surface area contributed by atoms with Crippen molar-refractivity contribution in [3.8, 4) is 0 Å². The molecule has 0 aromatic carbocycles. The van der Waals surface area contributed by atoms with Gasteiger partial charge in [0.15, 0.2) is 0 Å². The summed E-state index contributed by atoms with van der Waals surface area (Å²) in [6, 6.07) is 0. The molecule has 1 N–H and O–H groups in total. The van der Waals surface area contributed by atoms with E-state index in [1.165, 1.54) is 32.1 Å². The van der Waals surface area contributed by atoms with Crippen LogP contribution in [0.1, 0.15) is 46.0 Å². The second kappa shape index (κ2) is 3.83. The van der Waals surface area contributed by atoms with Gasteiger partial charge in [-0.15, -0.1) is 0 Å². The maximum absolute atomic E-state index is 9.80. The Morgan fingerprint density at radius 1 is 1.29 bits per heavy atom. The van der Waals surface area contributed by atoms with Crippen molar-refractivity contribution in [2.45, 2.75) is 46.0 Å². The number of fused-ring (bicyclic) bond motifs is 2. The summed E-state index contributed by atoms with van der Waals surface area (Å²) in [5, 5.41) is 9.80. The van der Waals surface area contributed by atoms with Crippen molar-refractivity contribution in [1.82, 2.24) is 0 Å². The minimum absolute atomic E-state index is 0.133. The van der Waals surface area contributed by atoms with Crippen LogP contribution in [-0.2, 0) is 4.74 Å². The van der Waals surface area contributed by atoms with Crippen LogP contribution < -0.4 is 0 Å². The van der Waals surface area contributed by atoms with E-state index >= 15 is 0 Å². The molecule has 2 heteroatoms. The largest absolute Gasteiger partial charge is 0.396 e. The van der Waals surface area contributed by atoms with E-state index in [0.717, 1.165) is 13.2 Å². The Labute approximate surface area is 104 Å². The molecule has 0 amide bonds. The topological polar surface area (TPSA) is 29.5 Å². The first kappa shape index (κ1) is 11.7. The van der Waals surface area contributed by atoms with Gasteiger partial charge in [0.2, 0.25) is 0 Å². The highest BCUT2D eigenvalue weighted by molar-refractivity contribution is 5.31. The van der Waals surface area contributed by atoms with E-state index in [4.69, 9.17) is 4.74 Å². The lowest BCUT2D eigenvalue weighted by molar-refractivity contribution is -0.0383. The molecule has 0 bridgehead atoms. The predicted molar refractivity (Wildman–Crippen MR) is 67.7 cm³/mol. The Hall–Kier alpha value is -0.340. The molecular weight excluding hydrogens is 212 g/mol. The summed E-state index contributed by atoms with van der Waals surface area (Å²) in [6.07, 6.45) is 6.17. The number of ether oxygens (including phenoxy) is 1. The lowest BCUT2D eigenvalue weighted by Gasteiger charge is -2.54. The Morgan fingerprint density at radius 2 is 2.12 bits per heavy atom. The Bertz CT molecular complexity index is 360. The summed E-state index contributed by atoms with van der Waals surface area (Å²) < 4.78 is 5.67. The second-order valence-electron chi connectivity index (χ2n) is 6.75. The van der Waals surface area contributed by atoms with Crippen LogP contribution >= 0.6 is 0 Å². The van der Waals surface area contributed by atoms with Gasteiger partial charge in [-0.25, -0.2) is 0 Å². The SMILES string of the molecule is C[C@]1(CO)CCC[C@]2(C)C3=C(CCC12)COC3. The fourth-order valence-corrected chi connectivity index (χ4v) is 4.77. The highest BCUT2D eigenvalue weighted by Gasteiger charge is 2.52. The van der Waals surface area contributed by atoms with Gasteiger partial charge in [-0.05, 0) is 53.6 Å². The van der Waals surface area contributed by atoms with Crippen LogP contribution in [0, 0.1) is 16.7 Å². The molecule has 0 radical (unpaired) electrons. The molecule has 2 aliphatic carbocycles. The molecule has 0 saturated heterocycles. The third-order valence-electron chi connectivity index (χ3n) is 5.79. The summed E-state index contributed by atoms with van der Waals surface area (Å²) >= 11 is 0. The van der Waals surface area contributed by atoms with E-state index in [1.54, 1.807) is 11.1 Å². The maximum Gasteiger partial charge on any atom is 0.0690 e. The van der Waals surface area contributed by atoms with Crippen molar-refractivity contribution in [2.75, 3.05) is 19.8 Å². The van der Waals surface area contributed by atoms with Gasteiger partial charge < -0.3 is 9.84 Å². The summed E-state index contributed by atoms with van der Waals surface area (Å²) in [7, 11) is 0. The van der Waals surface area contributed by atoms with E-state index in [0.29, 0.717) is 17.9 Å². The first-order valence-corrected chi connectivity index (χ1v) is 7.00. The van der Waals surface area contributed by atoms with E-state index in [1.807, 2.05) is 0 Å². The van der Waals surface area contributed by atoms with Crippen LogP contribution in [0.4, 0.5) is 0 Å².